The first-order valence-corrected chi connectivity index (χ1v) is 5.87. The minimum Gasteiger partial charge on any atom is -0.375 e. The van der Waals surface area contributed by atoms with Crippen LogP contribution in [0.15, 0.2) is 60.9 Å². The van der Waals surface area contributed by atoms with Gasteiger partial charge in [0.25, 0.3) is 5.91 Å². The van der Waals surface area contributed by atoms with E-state index in [1.165, 1.54) is 0 Å². The number of carbonyl (C=O) groups excluding carboxylic acids is 1. The standard InChI is InChI=1S/C8H9N3OS.C5H5N/c9-8(13)11-10-7(12)6-4-2-1-3-5-6;1-2-4-6-5-3-1/h1-5H,(H,10,12)(H3,9,11,13);1-5H. The molecule has 2 rings (SSSR count). The van der Waals surface area contributed by atoms with Crippen molar-refractivity contribution in [2.24, 2.45) is 5.73 Å². The molecule has 4 N–H and O–H groups in total. The number of nitrogens with zero attached hydrogens (tertiary/aromatic N) is 1. The summed E-state index contributed by atoms with van der Waals surface area (Å²) < 4.78 is 0. The normalized spacial score (nSPS) is 8.63. The summed E-state index contributed by atoms with van der Waals surface area (Å²) in [5.74, 6) is -0.270. The SMILES string of the molecule is NC(=S)NNC(=O)c1ccccc1.c1ccncc1. The molecule has 0 unspecified atom stereocenters. The van der Waals surface area contributed by atoms with Crippen LogP contribution < -0.4 is 16.6 Å². The van der Waals surface area contributed by atoms with Gasteiger partial charge in [-0.3, -0.25) is 20.6 Å². The van der Waals surface area contributed by atoms with Crippen molar-refractivity contribution in [2.45, 2.75) is 0 Å². The lowest BCUT2D eigenvalue weighted by Crippen LogP contribution is -2.44. The summed E-state index contributed by atoms with van der Waals surface area (Å²) in [7, 11) is 0. The Morgan fingerprint density at radius 1 is 1.00 bits per heavy atom. The van der Waals surface area contributed by atoms with Crippen molar-refractivity contribution in [1.29, 1.82) is 0 Å². The highest BCUT2D eigenvalue weighted by atomic mass is 32.1. The van der Waals surface area contributed by atoms with E-state index < -0.39 is 0 Å². The lowest BCUT2D eigenvalue weighted by Gasteiger charge is -2.05. The largest absolute Gasteiger partial charge is 0.375 e. The van der Waals surface area contributed by atoms with Gasteiger partial charge in [0.2, 0.25) is 0 Å². The molecule has 6 heteroatoms. The number of hydrazine groups is 1. The Morgan fingerprint density at radius 2 is 1.58 bits per heavy atom. The molecule has 1 amide bonds. The number of pyridine rings is 1. The molecule has 0 saturated heterocycles. The minimum atomic E-state index is -0.270. The molecule has 0 aliphatic rings. The molecule has 5 nitrogen and oxygen atoms in total. The molecule has 0 bridgehead atoms. The van der Waals surface area contributed by atoms with Crippen molar-refractivity contribution in [2.75, 3.05) is 0 Å². The number of amides is 1. The zero-order chi connectivity index (χ0) is 13.9. The van der Waals surface area contributed by atoms with Crippen LogP contribution in [0.3, 0.4) is 0 Å². The lowest BCUT2D eigenvalue weighted by atomic mass is 10.2. The fourth-order valence-corrected chi connectivity index (χ4v) is 1.14. The van der Waals surface area contributed by atoms with Crippen LogP contribution in [0, 0.1) is 0 Å². The molecule has 0 fully saturated rings. The lowest BCUT2D eigenvalue weighted by molar-refractivity contribution is 0.0944. The zero-order valence-corrected chi connectivity index (χ0v) is 10.9. The highest BCUT2D eigenvalue weighted by molar-refractivity contribution is 7.80. The van der Waals surface area contributed by atoms with Crippen molar-refractivity contribution in [3.8, 4) is 0 Å². The van der Waals surface area contributed by atoms with E-state index >= 15 is 0 Å². The monoisotopic (exact) mass is 274 g/mol. The maximum absolute atomic E-state index is 11.3. The Balaban J connectivity index is 0.000000250. The van der Waals surface area contributed by atoms with Crippen LogP contribution in [-0.2, 0) is 0 Å². The number of hydrogen-bond acceptors (Lipinski definition) is 3. The fraction of sp³-hybridized carbons (Fsp3) is 0. The third-order valence-corrected chi connectivity index (χ3v) is 2.00. The van der Waals surface area contributed by atoms with E-state index in [1.54, 1.807) is 36.7 Å². The van der Waals surface area contributed by atoms with Crippen LogP contribution in [-0.4, -0.2) is 16.0 Å². The molecular formula is C13H14N4OS. The van der Waals surface area contributed by atoms with E-state index in [1.807, 2.05) is 24.3 Å². The summed E-state index contributed by atoms with van der Waals surface area (Å²) in [6.45, 7) is 0. The average molecular weight is 274 g/mol. The van der Waals surface area contributed by atoms with Gasteiger partial charge >= 0.3 is 0 Å². The Hall–Kier alpha value is -2.47. The van der Waals surface area contributed by atoms with Gasteiger partial charge in [0, 0.05) is 18.0 Å². The number of hydrogen-bond donors (Lipinski definition) is 3. The van der Waals surface area contributed by atoms with Crippen LogP contribution in [0.5, 0.6) is 0 Å². The molecule has 19 heavy (non-hydrogen) atoms. The van der Waals surface area contributed by atoms with Crippen molar-refractivity contribution < 1.29 is 4.79 Å². The maximum atomic E-state index is 11.3. The number of nitrogens with two attached hydrogens (primary N) is 1. The summed E-state index contributed by atoms with van der Waals surface area (Å²) >= 11 is 4.52. The molecule has 1 heterocycles. The topological polar surface area (TPSA) is 80.0 Å². The number of nitrogens with one attached hydrogen (secondary N) is 2. The van der Waals surface area contributed by atoms with Crippen LogP contribution >= 0.6 is 12.2 Å². The third-order valence-electron chi connectivity index (χ3n) is 1.90. The summed E-state index contributed by atoms with van der Waals surface area (Å²) in [6.07, 6.45) is 3.50. The second-order valence-electron chi connectivity index (χ2n) is 3.33. The van der Waals surface area contributed by atoms with Gasteiger partial charge < -0.3 is 5.73 Å². The zero-order valence-electron chi connectivity index (χ0n) is 10.1. The minimum absolute atomic E-state index is 0.0317. The Kier molecular flexibility index (Phi) is 6.60. The van der Waals surface area contributed by atoms with E-state index in [0.29, 0.717) is 5.56 Å². The molecule has 0 atom stereocenters. The second kappa shape index (κ2) is 8.60. The molecule has 1 aromatic heterocycles. The first-order chi connectivity index (χ1) is 9.20. The van der Waals surface area contributed by atoms with Crippen molar-refractivity contribution >= 4 is 23.2 Å². The van der Waals surface area contributed by atoms with Gasteiger partial charge in [-0.05, 0) is 36.5 Å². The van der Waals surface area contributed by atoms with Gasteiger partial charge in [0.1, 0.15) is 0 Å². The van der Waals surface area contributed by atoms with Crippen molar-refractivity contribution in [3.05, 3.63) is 66.5 Å². The smallest absolute Gasteiger partial charge is 0.269 e. The van der Waals surface area contributed by atoms with Crippen LogP contribution in [0.1, 0.15) is 10.4 Å². The predicted molar refractivity (Wildman–Crippen MR) is 78.1 cm³/mol. The molecule has 0 spiro atoms. The van der Waals surface area contributed by atoms with E-state index in [-0.39, 0.29) is 11.0 Å². The van der Waals surface area contributed by atoms with Gasteiger partial charge in [-0.25, -0.2) is 0 Å². The Labute approximate surface area is 116 Å². The highest BCUT2D eigenvalue weighted by Gasteiger charge is 2.02. The summed E-state index contributed by atoms with van der Waals surface area (Å²) in [6, 6.07) is 14.5. The Bertz CT molecular complexity index is 478. The first kappa shape index (κ1) is 14.6. The summed E-state index contributed by atoms with van der Waals surface area (Å²) in [5.41, 5.74) is 10.4. The number of benzene rings is 1. The molecular weight excluding hydrogens is 260 g/mol. The van der Waals surface area contributed by atoms with Crippen molar-refractivity contribution in [1.82, 2.24) is 15.8 Å². The quantitative estimate of drug-likeness (QED) is 0.538. The number of carbonyl (C=O) groups is 1. The van der Waals surface area contributed by atoms with Crippen LogP contribution in [0.2, 0.25) is 0 Å². The maximum Gasteiger partial charge on any atom is 0.269 e. The molecule has 0 saturated carbocycles. The van der Waals surface area contributed by atoms with Gasteiger partial charge in [0.15, 0.2) is 5.11 Å². The van der Waals surface area contributed by atoms with Gasteiger partial charge in [-0.2, -0.15) is 0 Å². The van der Waals surface area contributed by atoms with Crippen LogP contribution in [0.25, 0.3) is 0 Å². The van der Waals surface area contributed by atoms with Gasteiger partial charge in [-0.1, -0.05) is 24.3 Å². The van der Waals surface area contributed by atoms with Gasteiger partial charge in [-0.15, -0.1) is 0 Å². The first-order valence-electron chi connectivity index (χ1n) is 5.46. The van der Waals surface area contributed by atoms with Crippen LogP contribution in [0.4, 0.5) is 0 Å². The molecule has 0 radical (unpaired) electrons. The molecule has 0 aliphatic carbocycles. The summed E-state index contributed by atoms with van der Waals surface area (Å²) in [4.78, 5) is 15.0. The Morgan fingerprint density at radius 3 is 2.00 bits per heavy atom. The third kappa shape index (κ3) is 6.75. The fourth-order valence-electron chi connectivity index (χ4n) is 1.09. The van der Waals surface area contributed by atoms with E-state index in [2.05, 4.69) is 28.1 Å². The molecule has 1 aromatic carbocycles. The highest BCUT2D eigenvalue weighted by Crippen LogP contribution is 1.96. The molecule has 2 aromatic rings. The second-order valence-corrected chi connectivity index (χ2v) is 3.77. The number of rotatable bonds is 1. The van der Waals surface area contributed by atoms with E-state index in [4.69, 9.17) is 5.73 Å². The van der Waals surface area contributed by atoms with E-state index in [0.717, 1.165) is 0 Å². The number of aromatic nitrogens is 1. The average Bonchev–Trinajstić information content (AvgIpc) is 2.48. The molecule has 0 aliphatic heterocycles. The summed E-state index contributed by atoms with van der Waals surface area (Å²) in [5, 5.41) is 0.0317. The molecule has 98 valence electrons. The van der Waals surface area contributed by atoms with Crippen molar-refractivity contribution in [3.63, 3.8) is 0 Å². The van der Waals surface area contributed by atoms with Gasteiger partial charge in [0.05, 0.1) is 0 Å². The predicted octanol–water partition coefficient (Wildman–Crippen LogP) is 1.25. The number of thiocarbonyl (C=S) groups is 1. The van der Waals surface area contributed by atoms with E-state index in [9.17, 15) is 4.79 Å².